The van der Waals surface area contributed by atoms with Crippen LogP contribution in [0.2, 0.25) is 5.02 Å². The number of amidine groups is 1. The van der Waals surface area contributed by atoms with E-state index in [0.717, 1.165) is 30.0 Å². The van der Waals surface area contributed by atoms with Gasteiger partial charge in [-0.15, -0.1) is 5.10 Å². The number of amides is 1. The number of nitrogens with zero attached hydrogens (tertiary/aromatic N) is 2. The summed E-state index contributed by atoms with van der Waals surface area (Å²) in [5, 5.41) is 10.7. The molecule has 1 aliphatic heterocycles. The number of nitrogens with one attached hydrogen (secondary N) is 1. The zero-order chi connectivity index (χ0) is 24.0. The Morgan fingerprint density at radius 2 is 2.03 bits per heavy atom. The number of rotatable bonds is 6. The average Bonchev–Trinajstić information content (AvgIpc) is 3.11. The van der Waals surface area contributed by atoms with E-state index >= 15 is 0 Å². The molecule has 0 aliphatic carbocycles. The van der Waals surface area contributed by atoms with E-state index in [9.17, 15) is 22.8 Å². The van der Waals surface area contributed by atoms with Crippen molar-refractivity contribution >= 4 is 46.6 Å². The zero-order valence-corrected chi connectivity index (χ0v) is 18.4. The van der Waals surface area contributed by atoms with E-state index in [2.05, 4.69) is 20.3 Å². The van der Waals surface area contributed by atoms with Crippen molar-refractivity contribution in [3.63, 3.8) is 0 Å². The minimum Gasteiger partial charge on any atom is -0.488 e. The minimum atomic E-state index is -4.45. The van der Waals surface area contributed by atoms with E-state index in [0.29, 0.717) is 21.9 Å². The van der Waals surface area contributed by atoms with E-state index in [1.807, 2.05) is 0 Å². The molecule has 1 amide bonds. The van der Waals surface area contributed by atoms with Gasteiger partial charge in [-0.1, -0.05) is 23.7 Å². The van der Waals surface area contributed by atoms with Crippen LogP contribution < -0.4 is 10.1 Å². The fourth-order valence-corrected chi connectivity index (χ4v) is 3.45. The number of ether oxygens (including phenoxy) is 2. The van der Waals surface area contributed by atoms with Crippen LogP contribution in [0.25, 0.3) is 0 Å². The van der Waals surface area contributed by atoms with Gasteiger partial charge in [-0.3, -0.25) is 10.1 Å². The highest BCUT2D eigenvalue weighted by molar-refractivity contribution is 8.18. The maximum atomic E-state index is 12.9. The predicted octanol–water partition coefficient (Wildman–Crippen LogP) is 4.55. The summed E-state index contributed by atoms with van der Waals surface area (Å²) in [4.78, 5) is 23.2. The Kier molecular flexibility index (Phi) is 7.77. The Morgan fingerprint density at radius 3 is 2.76 bits per heavy atom. The highest BCUT2D eigenvalue weighted by Crippen LogP contribution is 2.30. The summed E-state index contributed by atoms with van der Waals surface area (Å²) in [6, 6.07) is 9.46. The van der Waals surface area contributed by atoms with Crippen molar-refractivity contribution in [3.8, 4) is 5.75 Å². The molecule has 1 heterocycles. The summed E-state index contributed by atoms with van der Waals surface area (Å²) in [5.74, 6) is -0.888. The molecule has 33 heavy (non-hydrogen) atoms. The number of carbonyl (C=O) groups is 2. The van der Waals surface area contributed by atoms with Crippen molar-refractivity contribution in [1.29, 1.82) is 0 Å². The minimum absolute atomic E-state index is 0.101. The van der Waals surface area contributed by atoms with Gasteiger partial charge in [0.15, 0.2) is 5.17 Å². The van der Waals surface area contributed by atoms with Crippen molar-refractivity contribution in [2.24, 2.45) is 10.2 Å². The maximum absolute atomic E-state index is 12.9. The van der Waals surface area contributed by atoms with Gasteiger partial charge < -0.3 is 9.47 Å². The van der Waals surface area contributed by atoms with Gasteiger partial charge in [0, 0.05) is 16.7 Å². The van der Waals surface area contributed by atoms with Gasteiger partial charge in [-0.05, 0) is 47.7 Å². The number of benzene rings is 2. The zero-order valence-electron chi connectivity index (χ0n) is 16.9. The van der Waals surface area contributed by atoms with Crippen molar-refractivity contribution < 1.29 is 32.2 Å². The Balaban J connectivity index is 1.72. The highest BCUT2D eigenvalue weighted by atomic mass is 35.5. The molecule has 0 spiro atoms. The first kappa shape index (κ1) is 24.3. The van der Waals surface area contributed by atoms with Crippen LogP contribution in [-0.4, -0.2) is 30.4 Å². The van der Waals surface area contributed by atoms with Gasteiger partial charge in [0.1, 0.15) is 12.4 Å². The molecular formula is C21H15ClF3N3O4S. The first-order valence-electron chi connectivity index (χ1n) is 9.14. The van der Waals surface area contributed by atoms with Crippen LogP contribution in [-0.2, 0) is 27.1 Å². The topological polar surface area (TPSA) is 89.3 Å². The number of esters is 1. The Labute approximate surface area is 195 Å². The van der Waals surface area contributed by atoms with Crippen molar-refractivity contribution in [1.82, 2.24) is 5.32 Å². The van der Waals surface area contributed by atoms with Crippen LogP contribution in [0.15, 0.2) is 63.6 Å². The van der Waals surface area contributed by atoms with Gasteiger partial charge in [-0.25, -0.2) is 4.79 Å². The van der Waals surface area contributed by atoms with E-state index in [-0.39, 0.29) is 16.7 Å². The van der Waals surface area contributed by atoms with E-state index < -0.39 is 23.6 Å². The Bertz CT molecular complexity index is 1170. The molecule has 2 aromatic carbocycles. The van der Waals surface area contributed by atoms with Crippen LogP contribution in [0.4, 0.5) is 13.2 Å². The molecule has 1 aliphatic rings. The standard InChI is InChI=1S/C21H15ClF3N3O4S/c1-31-18(29)9-17-19(30)27-20(33-17)28-26-10-13-8-15(22)5-6-16(13)32-11-12-3-2-4-14(7-12)21(23,24)25/h2-10H,11H2,1H3,(H,27,28,30)/b17-9+,26-10?. The van der Waals surface area contributed by atoms with Crippen molar-refractivity contribution in [3.05, 3.63) is 75.2 Å². The molecule has 1 N–H and O–H groups in total. The normalized spacial score (nSPS) is 16.5. The van der Waals surface area contributed by atoms with Crippen molar-refractivity contribution in [2.45, 2.75) is 12.8 Å². The van der Waals surface area contributed by atoms with Gasteiger partial charge in [0.05, 0.1) is 23.8 Å². The Hall–Kier alpha value is -3.31. The first-order chi connectivity index (χ1) is 15.7. The predicted molar refractivity (Wildman–Crippen MR) is 118 cm³/mol. The van der Waals surface area contributed by atoms with E-state index in [4.69, 9.17) is 16.3 Å². The number of carbonyl (C=O) groups excluding carboxylic acids is 2. The highest BCUT2D eigenvalue weighted by Gasteiger charge is 2.30. The molecule has 3 rings (SSSR count). The second kappa shape index (κ2) is 10.5. The molecule has 0 saturated carbocycles. The third-order valence-corrected chi connectivity index (χ3v) is 5.20. The van der Waals surface area contributed by atoms with E-state index in [1.165, 1.54) is 31.5 Å². The quantitative estimate of drug-likeness (QED) is 0.274. The molecule has 0 aromatic heterocycles. The molecule has 1 fully saturated rings. The molecule has 0 atom stereocenters. The van der Waals surface area contributed by atoms with Crippen LogP contribution in [0.1, 0.15) is 16.7 Å². The van der Waals surface area contributed by atoms with Gasteiger partial charge in [0.25, 0.3) is 5.91 Å². The van der Waals surface area contributed by atoms with Crippen LogP contribution in [0, 0.1) is 0 Å². The maximum Gasteiger partial charge on any atom is 0.416 e. The van der Waals surface area contributed by atoms with Crippen LogP contribution in [0.3, 0.4) is 0 Å². The number of alkyl halides is 3. The van der Waals surface area contributed by atoms with E-state index in [1.54, 1.807) is 12.1 Å². The van der Waals surface area contributed by atoms with Crippen LogP contribution in [0.5, 0.6) is 5.75 Å². The Morgan fingerprint density at radius 1 is 1.24 bits per heavy atom. The number of halogens is 4. The molecular weight excluding hydrogens is 483 g/mol. The summed E-state index contributed by atoms with van der Waals surface area (Å²) in [7, 11) is 1.19. The fourth-order valence-electron chi connectivity index (χ4n) is 2.53. The third-order valence-electron chi connectivity index (χ3n) is 4.07. The smallest absolute Gasteiger partial charge is 0.416 e. The van der Waals surface area contributed by atoms with Gasteiger partial charge >= 0.3 is 12.1 Å². The second-order valence-electron chi connectivity index (χ2n) is 6.41. The fraction of sp³-hybridized carbons (Fsp3) is 0.143. The molecule has 7 nitrogen and oxygen atoms in total. The lowest BCUT2D eigenvalue weighted by molar-refractivity contribution is -0.137. The lowest BCUT2D eigenvalue weighted by atomic mass is 10.1. The van der Waals surface area contributed by atoms with Gasteiger partial charge in [-0.2, -0.15) is 18.3 Å². The lowest BCUT2D eigenvalue weighted by Gasteiger charge is -2.11. The summed E-state index contributed by atoms with van der Waals surface area (Å²) in [6.45, 7) is -0.117. The summed E-state index contributed by atoms with van der Waals surface area (Å²) >= 11 is 6.92. The van der Waals surface area contributed by atoms with Crippen molar-refractivity contribution in [2.75, 3.05) is 7.11 Å². The number of methoxy groups -OCH3 is 1. The lowest BCUT2D eigenvalue weighted by Crippen LogP contribution is -2.19. The molecule has 12 heteroatoms. The van der Waals surface area contributed by atoms with Crippen LogP contribution >= 0.6 is 23.4 Å². The summed E-state index contributed by atoms with van der Waals surface area (Å²) in [5.41, 5.74) is -0.0228. The number of hydrogen-bond acceptors (Lipinski definition) is 7. The number of hydrogen-bond donors (Lipinski definition) is 1. The molecule has 0 radical (unpaired) electrons. The molecule has 1 saturated heterocycles. The van der Waals surface area contributed by atoms with Gasteiger partial charge in [0.2, 0.25) is 0 Å². The second-order valence-corrected chi connectivity index (χ2v) is 7.87. The molecule has 2 aromatic rings. The average molecular weight is 498 g/mol. The SMILES string of the molecule is COC(=O)/C=C1/S/C(=N\N=Cc2cc(Cl)ccc2OCc2cccc(C(F)(F)F)c2)NC1=O. The number of thioether (sulfide) groups is 1. The summed E-state index contributed by atoms with van der Waals surface area (Å²) < 4.78 is 48.8. The third kappa shape index (κ3) is 6.83. The molecule has 0 unspecified atom stereocenters. The summed E-state index contributed by atoms with van der Waals surface area (Å²) in [6.07, 6.45) is -2.11. The molecule has 0 bridgehead atoms. The monoisotopic (exact) mass is 497 g/mol. The largest absolute Gasteiger partial charge is 0.488 e. The first-order valence-corrected chi connectivity index (χ1v) is 10.3. The molecule has 172 valence electrons.